The highest BCUT2D eigenvalue weighted by molar-refractivity contribution is 5.93. The van der Waals surface area contributed by atoms with E-state index in [4.69, 9.17) is 0 Å². The number of piperidine rings is 1. The van der Waals surface area contributed by atoms with Crippen LogP contribution in [0.5, 0.6) is 0 Å². The summed E-state index contributed by atoms with van der Waals surface area (Å²) in [4.78, 5) is 14.9. The van der Waals surface area contributed by atoms with Gasteiger partial charge in [0.1, 0.15) is 0 Å². The molecule has 3 nitrogen and oxygen atoms in total. The van der Waals surface area contributed by atoms with Crippen LogP contribution in [0.2, 0.25) is 0 Å². The van der Waals surface area contributed by atoms with E-state index >= 15 is 0 Å². The largest absolute Gasteiger partial charge is 0.317 e. The van der Waals surface area contributed by atoms with E-state index in [1.54, 1.807) is 0 Å². The number of rotatable bonds is 6. The number of carbonyl (C=O) groups is 1. The number of hydrogen-bond acceptors (Lipinski definition) is 2. The van der Waals surface area contributed by atoms with Gasteiger partial charge in [0.25, 0.3) is 0 Å². The lowest BCUT2D eigenvalue weighted by Crippen LogP contribution is -2.36. The SMILES string of the molecule is CC(CC(=O)N(CC1CC1)c1ccccc1)C1CCNCC1.Cl. The first-order chi connectivity index (χ1) is 10.7. The van der Waals surface area contributed by atoms with Crippen LogP contribution in [0.4, 0.5) is 5.69 Å². The molecular weight excluding hydrogens is 308 g/mol. The van der Waals surface area contributed by atoms with Gasteiger partial charge in [0.15, 0.2) is 0 Å². The van der Waals surface area contributed by atoms with Crippen molar-refractivity contribution >= 4 is 24.0 Å². The highest BCUT2D eigenvalue weighted by Gasteiger charge is 2.29. The molecule has 128 valence electrons. The third-order valence-corrected chi connectivity index (χ3v) is 5.19. The van der Waals surface area contributed by atoms with Gasteiger partial charge in [-0.25, -0.2) is 0 Å². The number of anilines is 1. The lowest BCUT2D eigenvalue weighted by atomic mass is 9.84. The van der Waals surface area contributed by atoms with Gasteiger partial charge in [0.05, 0.1) is 0 Å². The molecule has 1 saturated carbocycles. The molecule has 1 saturated heterocycles. The molecule has 0 radical (unpaired) electrons. The molecule has 1 atom stereocenters. The van der Waals surface area contributed by atoms with E-state index in [9.17, 15) is 4.79 Å². The molecule has 0 bridgehead atoms. The van der Waals surface area contributed by atoms with Crippen molar-refractivity contribution in [3.63, 3.8) is 0 Å². The molecule has 23 heavy (non-hydrogen) atoms. The second kappa shape index (κ2) is 8.70. The molecule has 2 fully saturated rings. The highest BCUT2D eigenvalue weighted by Crippen LogP contribution is 2.32. The summed E-state index contributed by atoms with van der Waals surface area (Å²) in [5, 5.41) is 3.41. The molecule has 1 aliphatic heterocycles. The Bertz CT molecular complexity index is 483. The van der Waals surface area contributed by atoms with Crippen molar-refractivity contribution in [2.75, 3.05) is 24.5 Å². The van der Waals surface area contributed by atoms with Crippen molar-refractivity contribution in [3.8, 4) is 0 Å². The quantitative estimate of drug-likeness (QED) is 0.855. The number of nitrogens with one attached hydrogen (secondary N) is 1. The smallest absolute Gasteiger partial charge is 0.227 e. The summed E-state index contributed by atoms with van der Waals surface area (Å²) >= 11 is 0. The Labute approximate surface area is 146 Å². The fraction of sp³-hybridized carbons (Fsp3) is 0.632. The van der Waals surface area contributed by atoms with Crippen LogP contribution in [0, 0.1) is 17.8 Å². The van der Waals surface area contributed by atoms with Gasteiger partial charge in [-0.15, -0.1) is 12.4 Å². The van der Waals surface area contributed by atoms with Crippen LogP contribution in [0.3, 0.4) is 0 Å². The number of hydrogen-bond donors (Lipinski definition) is 1. The summed E-state index contributed by atoms with van der Waals surface area (Å²) in [6.45, 7) is 5.37. The molecule has 3 rings (SSSR count). The minimum atomic E-state index is 0. The Hall–Kier alpha value is -1.06. The average molecular weight is 337 g/mol. The summed E-state index contributed by atoms with van der Waals surface area (Å²) in [5.74, 6) is 2.21. The zero-order chi connectivity index (χ0) is 15.4. The fourth-order valence-corrected chi connectivity index (χ4v) is 3.48. The number of amides is 1. The number of halogens is 1. The van der Waals surface area contributed by atoms with Crippen LogP contribution in [-0.2, 0) is 4.79 Å². The Kier molecular flexibility index (Phi) is 6.91. The van der Waals surface area contributed by atoms with Crippen LogP contribution in [0.15, 0.2) is 30.3 Å². The van der Waals surface area contributed by atoms with Crippen LogP contribution in [-0.4, -0.2) is 25.5 Å². The molecule has 1 amide bonds. The molecule has 1 unspecified atom stereocenters. The lowest BCUT2D eigenvalue weighted by molar-refractivity contribution is -0.119. The van der Waals surface area contributed by atoms with Crippen molar-refractivity contribution < 1.29 is 4.79 Å². The van der Waals surface area contributed by atoms with Crippen molar-refractivity contribution in [1.82, 2.24) is 5.32 Å². The van der Waals surface area contributed by atoms with Gasteiger partial charge < -0.3 is 10.2 Å². The van der Waals surface area contributed by atoms with E-state index in [0.717, 1.165) is 31.2 Å². The maximum atomic E-state index is 12.9. The molecule has 1 heterocycles. The normalized spacial score (nSPS) is 19.7. The fourth-order valence-electron chi connectivity index (χ4n) is 3.48. The van der Waals surface area contributed by atoms with Gasteiger partial charge in [0.2, 0.25) is 5.91 Å². The average Bonchev–Trinajstić information content (AvgIpc) is 3.38. The van der Waals surface area contributed by atoms with Crippen LogP contribution in [0.1, 0.15) is 39.0 Å². The number of para-hydroxylation sites is 1. The summed E-state index contributed by atoms with van der Waals surface area (Å²) in [6, 6.07) is 10.2. The molecule has 0 aromatic heterocycles. The maximum absolute atomic E-state index is 12.9. The van der Waals surface area contributed by atoms with Gasteiger partial charge in [-0.3, -0.25) is 4.79 Å². The summed E-state index contributed by atoms with van der Waals surface area (Å²) < 4.78 is 0. The summed E-state index contributed by atoms with van der Waals surface area (Å²) in [7, 11) is 0. The molecule has 1 aliphatic carbocycles. The molecule has 4 heteroatoms. The predicted molar refractivity (Wildman–Crippen MR) is 98.1 cm³/mol. The second-order valence-electron chi connectivity index (χ2n) is 7.05. The van der Waals surface area contributed by atoms with Crippen molar-refractivity contribution in [2.45, 2.75) is 39.0 Å². The first-order valence-electron chi connectivity index (χ1n) is 8.80. The predicted octanol–water partition coefficient (Wildman–Crippen LogP) is 3.88. The van der Waals surface area contributed by atoms with Crippen molar-refractivity contribution in [3.05, 3.63) is 30.3 Å². The Morgan fingerprint density at radius 2 is 1.83 bits per heavy atom. The minimum Gasteiger partial charge on any atom is -0.317 e. The topological polar surface area (TPSA) is 32.3 Å². The van der Waals surface area contributed by atoms with Crippen molar-refractivity contribution in [2.24, 2.45) is 17.8 Å². The summed E-state index contributed by atoms with van der Waals surface area (Å²) in [6.07, 6.45) is 5.66. The van der Waals surface area contributed by atoms with Gasteiger partial charge in [-0.05, 0) is 68.7 Å². The van der Waals surface area contributed by atoms with E-state index in [-0.39, 0.29) is 12.4 Å². The Morgan fingerprint density at radius 1 is 1.17 bits per heavy atom. The third-order valence-electron chi connectivity index (χ3n) is 5.19. The first-order valence-corrected chi connectivity index (χ1v) is 8.80. The lowest BCUT2D eigenvalue weighted by Gasteiger charge is -2.30. The maximum Gasteiger partial charge on any atom is 0.227 e. The van der Waals surface area contributed by atoms with Gasteiger partial charge in [-0.2, -0.15) is 0 Å². The number of nitrogens with zero attached hydrogens (tertiary/aromatic N) is 1. The first kappa shape index (κ1) is 18.3. The molecule has 1 aromatic carbocycles. The highest BCUT2D eigenvalue weighted by atomic mass is 35.5. The van der Waals surface area contributed by atoms with Gasteiger partial charge >= 0.3 is 0 Å². The van der Waals surface area contributed by atoms with E-state index in [2.05, 4.69) is 24.4 Å². The summed E-state index contributed by atoms with van der Waals surface area (Å²) in [5.41, 5.74) is 1.07. The van der Waals surface area contributed by atoms with Crippen molar-refractivity contribution in [1.29, 1.82) is 0 Å². The minimum absolute atomic E-state index is 0. The molecule has 1 aromatic rings. The molecule has 2 aliphatic rings. The van der Waals surface area contributed by atoms with E-state index < -0.39 is 0 Å². The monoisotopic (exact) mass is 336 g/mol. The molecular formula is C19H29ClN2O. The third kappa shape index (κ3) is 5.22. The molecule has 0 spiro atoms. The van der Waals surface area contributed by atoms with E-state index in [0.29, 0.717) is 24.2 Å². The molecule has 1 N–H and O–H groups in total. The van der Waals surface area contributed by atoms with Crippen LogP contribution in [0.25, 0.3) is 0 Å². The van der Waals surface area contributed by atoms with Crippen LogP contribution >= 0.6 is 12.4 Å². The second-order valence-corrected chi connectivity index (χ2v) is 7.05. The zero-order valence-corrected chi connectivity index (χ0v) is 14.9. The van der Waals surface area contributed by atoms with Crippen LogP contribution < -0.4 is 10.2 Å². The number of carbonyl (C=O) groups excluding carboxylic acids is 1. The Balaban J connectivity index is 0.00000192. The Morgan fingerprint density at radius 3 is 2.43 bits per heavy atom. The van der Waals surface area contributed by atoms with Gasteiger partial charge in [0, 0.05) is 18.7 Å². The van der Waals surface area contributed by atoms with E-state index in [1.807, 2.05) is 23.1 Å². The standard InChI is InChI=1S/C19H28N2O.ClH/c1-15(17-9-11-20-12-10-17)13-19(22)21(14-16-7-8-16)18-5-3-2-4-6-18;/h2-6,15-17,20H,7-14H2,1H3;1H. The number of benzene rings is 1. The van der Waals surface area contributed by atoms with E-state index in [1.165, 1.54) is 25.7 Å². The van der Waals surface area contributed by atoms with Gasteiger partial charge in [-0.1, -0.05) is 25.1 Å². The zero-order valence-electron chi connectivity index (χ0n) is 14.0.